The monoisotopic (exact) mass is 562 g/mol. The van der Waals surface area contributed by atoms with E-state index in [4.69, 9.17) is 14.5 Å². The topological polar surface area (TPSA) is 264 Å². The molecule has 0 aliphatic carbocycles. The van der Waals surface area contributed by atoms with Crippen LogP contribution in [0.25, 0.3) is 0 Å². The van der Waals surface area contributed by atoms with Crippen LogP contribution < -0.4 is 11.2 Å². The molecule has 2 heterocycles. The molecule has 1 aromatic heterocycles. The van der Waals surface area contributed by atoms with Crippen molar-refractivity contribution in [2.45, 2.75) is 43.5 Å². The van der Waals surface area contributed by atoms with Gasteiger partial charge in [0, 0.05) is 0 Å². The Bertz CT molecular complexity index is 1200. The maximum absolute atomic E-state index is 13.8. The molecular weight excluding hydrogens is 543 g/mol. The van der Waals surface area contributed by atoms with E-state index < -0.39 is 76.8 Å². The number of H-pyrrole nitrogens is 1. The van der Waals surface area contributed by atoms with Crippen molar-refractivity contribution in [1.82, 2.24) is 9.55 Å². The van der Waals surface area contributed by atoms with E-state index in [-0.39, 0.29) is 10.8 Å². The molecule has 0 spiro atoms. The lowest BCUT2D eigenvalue weighted by atomic mass is 9.88. The third kappa shape index (κ3) is 6.33. The fourth-order valence-corrected chi connectivity index (χ4v) is 6.35. The fraction of sp³-hybridized carbons (Fsp3) is 0.667. The number of rotatable bonds is 9. The van der Waals surface area contributed by atoms with E-state index in [0.717, 1.165) is 13.8 Å². The van der Waals surface area contributed by atoms with Gasteiger partial charge in [0.05, 0.1) is 6.20 Å². The van der Waals surface area contributed by atoms with Gasteiger partial charge in [-0.25, -0.2) is 22.9 Å². The number of hydrogen-bond donors (Lipinski definition) is 7. The molecule has 3 unspecified atom stereocenters. The molecule has 7 N–H and O–H groups in total. The van der Waals surface area contributed by atoms with Crippen molar-refractivity contribution in [3.63, 3.8) is 0 Å². The molecule has 1 saturated heterocycles. The third-order valence-corrected chi connectivity index (χ3v) is 8.37. The highest BCUT2D eigenvalue weighted by molar-refractivity contribution is 7.66. The van der Waals surface area contributed by atoms with Crippen molar-refractivity contribution in [2.75, 3.05) is 6.67 Å². The van der Waals surface area contributed by atoms with E-state index in [1.807, 2.05) is 0 Å². The zero-order chi connectivity index (χ0) is 26.5. The number of ether oxygens (including phenoxy) is 1. The molecule has 196 valence electrons. The van der Waals surface area contributed by atoms with Crippen LogP contribution in [0, 0.1) is 5.82 Å². The number of phosphoric ester groups is 1. The summed E-state index contributed by atoms with van der Waals surface area (Å²) in [6, 6.07) is 0. The molecule has 1 aliphatic heterocycles. The van der Waals surface area contributed by atoms with Gasteiger partial charge in [-0.2, -0.15) is 13.0 Å². The van der Waals surface area contributed by atoms with E-state index in [9.17, 15) is 52.1 Å². The van der Waals surface area contributed by atoms with E-state index >= 15 is 0 Å². The van der Waals surface area contributed by atoms with Crippen molar-refractivity contribution in [1.29, 1.82) is 0 Å². The standard InChI is InChI=1S/C12H19F2N2O15P3/c1-11(2,29-33(24,25)31-34(26,27)30-32(21,22)23)7-6(17)12(20,4-13)9(28-7)16-3-5(14)8(18)15-10(16)19/h3,6-7,9,17,20H,4H2,1-2H3,(H,24,25)(H,26,27)(H,15,18,19)(H2,21,22,23)/t6-,7-,9+,12?/m0/s1. The predicted octanol–water partition coefficient (Wildman–Crippen LogP) is -1.24. The number of nitrogens with zero attached hydrogens (tertiary/aromatic N) is 1. The van der Waals surface area contributed by atoms with Gasteiger partial charge in [-0.15, -0.1) is 0 Å². The Morgan fingerprint density at radius 3 is 2.24 bits per heavy atom. The molecule has 0 amide bonds. The normalized spacial score (nSPS) is 29.5. The van der Waals surface area contributed by atoms with E-state index in [2.05, 4.69) is 13.1 Å². The molecule has 0 aromatic carbocycles. The summed E-state index contributed by atoms with van der Waals surface area (Å²) in [5, 5.41) is 21.0. The van der Waals surface area contributed by atoms with Gasteiger partial charge in [0.15, 0.2) is 11.8 Å². The number of hydrogen-bond acceptors (Lipinski definition) is 11. The van der Waals surface area contributed by atoms with E-state index in [1.54, 1.807) is 0 Å². The Kier molecular flexibility index (Phi) is 8.01. The molecule has 17 nitrogen and oxygen atoms in total. The molecule has 22 heteroatoms. The zero-order valence-electron chi connectivity index (χ0n) is 16.9. The van der Waals surface area contributed by atoms with Gasteiger partial charge < -0.3 is 34.5 Å². The first-order chi connectivity index (χ1) is 15.1. The van der Waals surface area contributed by atoms with Crippen molar-refractivity contribution < 1.29 is 70.1 Å². The number of nitrogens with one attached hydrogen (secondary N) is 1. The van der Waals surface area contributed by atoms with Crippen molar-refractivity contribution in [3.8, 4) is 0 Å². The minimum Gasteiger partial charge on any atom is -0.387 e. The van der Waals surface area contributed by atoms with Crippen LogP contribution in [0.5, 0.6) is 0 Å². The molecule has 2 rings (SSSR count). The first kappa shape index (κ1) is 29.1. The number of aromatic nitrogens is 2. The lowest BCUT2D eigenvalue weighted by Gasteiger charge is -2.34. The molecule has 1 aromatic rings. The summed E-state index contributed by atoms with van der Waals surface area (Å²) >= 11 is 0. The van der Waals surface area contributed by atoms with Crippen LogP contribution in [-0.2, 0) is 31.6 Å². The number of aliphatic hydroxyl groups excluding tert-OH is 1. The number of phosphoric acid groups is 3. The second-order valence-electron chi connectivity index (χ2n) is 7.41. The van der Waals surface area contributed by atoms with Gasteiger partial charge >= 0.3 is 29.2 Å². The first-order valence-corrected chi connectivity index (χ1v) is 13.1. The third-order valence-electron chi connectivity index (χ3n) is 4.34. The highest BCUT2D eigenvalue weighted by Crippen LogP contribution is 2.67. The molecule has 1 aliphatic rings. The Morgan fingerprint density at radius 1 is 1.18 bits per heavy atom. The maximum Gasteiger partial charge on any atom is 0.490 e. The second-order valence-corrected chi connectivity index (χ2v) is 11.8. The van der Waals surface area contributed by atoms with Crippen LogP contribution in [0.1, 0.15) is 20.1 Å². The second kappa shape index (κ2) is 9.37. The molecule has 1 fully saturated rings. The largest absolute Gasteiger partial charge is 0.490 e. The minimum atomic E-state index is -5.91. The first-order valence-electron chi connectivity index (χ1n) is 8.61. The lowest BCUT2D eigenvalue weighted by molar-refractivity contribution is -0.129. The molecule has 0 bridgehead atoms. The van der Waals surface area contributed by atoms with Crippen molar-refractivity contribution in [2.24, 2.45) is 0 Å². The molecule has 34 heavy (non-hydrogen) atoms. The van der Waals surface area contributed by atoms with Gasteiger partial charge in [-0.05, 0) is 13.8 Å². The highest BCUT2D eigenvalue weighted by Gasteiger charge is 2.62. The summed E-state index contributed by atoms with van der Waals surface area (Å²) in [7, 11) is -17.4. The number of aliphatic hydroxyl groups is 2. The van der Waals surface area contributed by atoms with Crippen molar-refractivity contribution in [3.05, 3.63) is 32.9 Å². The molecule has 6 atom stereocenters. The molecule has 0 radical (unpaired) electrons. The lowest BCUT2D eigenvalue weighted by Crippen LogP contribution is -2.54. The SMILES string of the molecule is CC(C)(OP(=O)(O)OP(=O)(O)OP(=O)(O)O)[C@H]1O[C@@H](n2cc(F)c(=O)[nH]c2=O)C(O)(CF)[C@H]1O. The Morgan fingerprint density at radius 2 is 1.74 bits per heavy atom. The smallest absolute Gasteiger partial charge is 0.387 e. The average molecular weight is 562 g/mol. The van der Waals surface area contributed by atoms with Gasteiger partial charge in [0.1, 0.15) is 24.5 Å². The van der Waals surface area contributed by atoms with Crippen molar-refractivity contribution >= 4 is 23.5 Å². The van der Waals surface area contributed by atoms with Crippen LogP contribution >= 0.6 is 23.5 Å². The number of aromatic amines is 1. The quantitative estimate of drug-likeness (QED) is 0.174. The minimum absolute atomic E-state index is 0.181. The Balaban J connectivity index is 2.39. The summed E-state index contributed by atoms with van der Waals surface area (Å²) in [5.74, 6) is -1.56. The van der Waals surface area contributed by atoms with Gasteiger partial charge in [-0.1, -0.05) is 0 Å². The van der Waals surface area contributed by atoms with E-state index in [1.165, 1.54) is 4.98 Å². The van der Waals surface area contributed by atoms with Crippen LogP contribution in [-0.4, -0.2) is 69.4 Å². The summed E-state index contributed by atoms with van der Waals surface area (Å²) < 4.78 is 78.9. The van der Waals surface area contributed by atoms with Gasteiger partial charge in [-0.3, -0.25) is 18.9 Å². The summed E-state index contributed by atoms with van der Waals surface area (Å²) in [5.41, 5.74) is -8.25. The van der Waals surface area contributed by atoms with Crippen LogP contribution in [0.3, 0.4) is 0 Å². The van der Waals surface area contributed by atoms with Crippen LogP contribution in [0.15, 0.2) is 15.8 Å². The fourth-order valence-electron chi connectivity index (χ4n) is 3.02. The summed E-state index contributed by atoms with van der Waals surface area (Å²) in [6.07, 6.45) is -6.44. The highest BCUT2D eigenvalue weighted by atomic mass is 31.3. The number of alkyl halides is 1. The van der Waals surface area contributed by atoms with Gasteiger partial charge in [0.2, 0.25) is 5.82 Å². The van der Waals surface area contributed by atoms with Crippen LogP contribution in [0.4, 0.5) is 8.78 Å². The number of halogens is 2. The average Bonchev–Trinajstić information content (AvgIpc) is 2.87. The maximum atomic E-state index is 13.8. The Labute approximate surface area is 187 Å². The molecular formula is C12H19F2N2O15P3. The summed E-state index contributed by atoms with van der Waals surface area (Å²) in [4.78, 5) is 60.8. The van der Waals surface area contributed by atoms with Gasteiger partial charge in [0.25, 0.3) is 5.56 Å². The van der Waals surface area contributed by atoms with E-state index in [0.29, 0.717) is 0 Å². The molecule has 0 saturated carbocycles. The predicted molar refractivity (Wildman–Crippen MR) is 101 cm³/mol. The Hall–Kier alpha value is -1.17. The van der Waals surface area contributed by atoms with Crippen LogP contribution in [0.2, 0.25) is 0 Å². The zero-order valence-corrected chi connectivity index (χ0v) is 19.6. The summed E-state index contributed by atoms with van der Waals surface area (Å²) in [6.45, 7) is -0.124.